The van der Waals surface area contributed by atoms with Crippen LogP contribution >= 0.6 is 11.8 Å². The van der Waals surface area contributed by atoms with Gasteiger partial charge in [-0.15, -0.1) is 11.8 Å². The average molecular weight is 447 g/mol. The van der Waals surface area contributed by atoms with Crippen molar-refractivity contribution in [2.24, 2.45) is 0 Å². The number of thioether (sulfide) groups is 1. The van der Waals surface area contributed by atoms with Crippen molar-refractivity contribution in [3.05, 3.63) is 54.2 Å². The predicted octanol–water partition coefficient (Wildman–Crippen LogP) is 1.96. The van der Waals surface area contributed by atoms with E-state index in [-0.39, 0.29) is 16.8 Å². The highest BCUT2D eigenvalue weighted by Crippen LogP contribution is 2.23. The number of hydrogen-bond acceptors (Lipinski definition) is 6. The van der Waals surface area contributed by atoms with Crippen LogP contribution in [0.2, 0.25) is 0 Å². The predicted molar refractivity (Wildman–Crippen MR) is 117 cm³/mol. The first kappa shape index (κ1) is 21.3. The maximum atomic E-state index is 13.0. The van der Waals surface area contributed by atoms with Crippen LogP contribution < -0.4 is 5.32 Å². The molecule has 0 unspecified atom stereocenters. The molecule has 9 heteroatoms. The monoisotopic (exact) mass is 446 g/mol. The molecule has 3 heterocycles. The van der Waals surface area contributed by atoms with Crippen molar-refractivity contribution < 1.29 is 13.2 Å². The van der Waals surface area contributed by atoms with Gasteiger partial charge >= 0.3 is 0 Å². The molecule has 30 heavy (non-hydrogen) atoms. The normalized spacial score (nSPS) is 20.9. The summed E-state index contributed by atoms with van der Waals surface area (Å²) in [6.45, 7) is 3.22. The molecule has 160 valence electrons. The second-order valence-corrected chi connectivity index (χ2v) is 10.6. The minimum atomic E-state index is -3.54. The van der Waals surface area contributed by atoms with Crippen LogP contribution in [-0.4, -0.2) is 66.5 Å². The van der Waals surface area contributed by atoms with E-state index in [2.05, 4.69) is 27.3 Å². The Bertz CT molecular complexity index is 960. The van der Waals surface area contributed by atoms with Gasteiger partial charge in [-0.25, -0.2) is 13.4 Å². The molecule has 0 spiro atoms. The fourth-order valence-electron chi connectivity index (χ4n) is 3.71. The van der Waals surface area contributed by atoms with E-state index in [0.29, 0.717) is 32.6 Å². The summed E-state index contributed by atoms with van der Waals surface area (Å²) in [7, 11) is -3.54. The summed E-state index contributed by atoms with van der Waals surface area (Å²) in [5, 5.41) is 3.69. The lowest BCUT2D eigenvalue weighted by Gasteiger charge is -2.33. The second kappa shape index (κ2) is 9.47. The molecule has 7 nitrogen and oxygen atoms in total. The molecular weight excluding hydrogens is 420 g/mol. The number of aromatic nitrogens is 1. The van der Waals surface area contributed by atoms with Crippen LogP contribution in [0.3, 0.4) is 0 Å². The van der Waals surface area contributed by atoms with Gasteiger partial charge in [-0.05, 0) is 24.1 Å². The van der Waals surface area contributed by atoms with Crippen LogP contribution in [0.15, 0.2) is 58.6 Å². The Hall–Kier alpha value is -1.94. The van der Waals surface area contributed by atoms with Gasteiger partial charge in [-0.3, -0.25) is 9.69 Å². The highest BCUT2D eigenvalue weighted by molar-refractivity contribution is 7.99. The summed E-state index contributed by atoms with van der Waals surface area (Å²) in [5.41, 5.74) is 1.24. The third-order valence-corrected chi connectivity index (χ3v) is 8.43. The molecule has 0 aliphatic carbocycles. The number of nitrogens with one attached hydrogen (secondary N) is 1. The third-order valence-electron chi connectivity index (χ3n) is 5.44. The molecule has 0 bridgehead atoms. The van der Waals surface area contributed by atoms with Crippen molar-refractivity contribution in [1.82, 2.24) is 19.5 Å². The first-order valence-corrected chi connectivity index (χ1v) is 12.6. The van der Waals surface area contributed by atoms with Crippen LogP contribution in [0.1, 0.15) is 18.4 Å². The van der Waals surface area contributed by atoms with Gasteiger partial charge < -0.3 is 5.32 Å². The average Bonchev–Trinajstić information content (AvgIpc) is 3.19. The Morgan fingerprint density at radius 1 is 1.07 bits per heavy atom. The minimum Gasteiger partial charge on any atom is -0.353 e. The SMILES string of the molecule is O=C1CC[C@@H](CSc2ccc(S(=O)(=O)N3CCN(Cc4ccccc4)CC3)cn2)N1. The van der Waals surface area contributed by atoms with Crippen LogP contribution in [0, 0.1) is 0 Å². The lowest BCUT2D eigenvalue weighted by atomic mass is 10.2. The highest BCUT2D eigenvalue weighted by Gasteiger charge is 2.29. The molecule has 2 aliphatic rings. The van der Waals surface area contributed by atoms with E-state index in [1.807, 2.05) is 18.2 Å². The molecule has 1 atom stereocenters. The van der Waals surface area contributed by atoms with Crippen molar-refractivity contribution in [3.8, 4) is 0 Å². The zero-order valence-electron chi connectivity index (χ0n) is 16.7. The van der Waals surface area contributed by atoms with Crippen molar-refractivity contribution in [2.45, 2.75) is 35.3 Å². The second-order valence-electron chi connectivity index (χ2n) is 7.61. The van der Waals surface area contributed by atoms with E-state index in [1.54, 1.807) is 16.4 Å². The van der Waals surface area contributed by atoms with Gasteiger partial charge in [0.1, 0.15) is 4.90 Å². The quantitative estimate of drug-likeness (QED) is 0.655. The van der Waals surface area contributed by atoms with Gasteiger partial charge in [0.2, 0.25) is 15.9 Å². The number of carbonyl (C=O) groups is 1. The van der Waals surface area contributed by atoms with Gasteiger partial charge in [0, 0.05) is 57.1 Å². The summed E-state index contributed by atoms with van der Waals surface area (Å²) in [6.07, 6.45) is 2.87. The molecule has 2 fully saturated rings. The summed E-state index contributed by atoms with van der Waals surface area (Å²) in [4.78, 5) is 18.1. The lowest BCUT2D eigenvalue weighted by Crippen LogP contribution is -2.48. The molecule has 1 aromatic heterocycles. The van der Waals surface area contributed by atoms with Gasteiger partial charge in [0.05, 0.1) is 5.03 Å². The Kier molecular flexibility index (Phi) is 6.72. The standard InChI is InChI=1S/C21H26N4O3S2/c26-20-8-6-18(23-20)16-29-21-9-7-19(14-22-21)30(27,28)25-12-10-24(11-13-25)15-17-4-2-1-3-5-17/h1-5,7,9,14,18H,6,8,10-13,15-16H2,(H,23,26)/t18-/m0/s1. The minimum absolute atomic E-state index is 0.0962. The molecule has 2 aromatic rings. The van der Waals surface area contributed by atoms with E-state index in [4.69, 9.17) is 0 Å². The number of rotatable bonds is 7. The van der Waals surface area contributed by atoms with Gasteiger partial charge in [-0.1, -0.05) is 30.3 Å². The Labute approximate surface area is 181 Å². The van der Waals surface area contributed by atoms with Crippen LogP contribution in [0.5, 0.6) is 0 Å². The zero-order chi connectivity index (χ0) is 21.0. The van der Waals surface area contributed by atoms with Crippen LogP contribution in [0.4, 0.5) is 0 Å². The number of benzene rings is 1. The number of piperazine rings is 1. The zero-order valence-corrected chi connectivity index (χ0v) is 18.4. The molecule has 2 aliphatic heterocycles. The van der Waals surface area contributed by atoms with Crippen molar-refractivity contribution in [1.29, 1.82) is 0 Å². The van der Waals surface area contributed by atoms with Gasteiger partial charge in [0.25, 0.3) is 0 Å². The first-order valence-electron chi connectivity index (χ1n) is 10.2. The molecule has 2 saturated heterocycles. The molecule has 0 saturated carbocycles. The summed E-state index contributed by atoms with van der Waals surface area (Å²) >= 11 is 1.53. The number of sulfonamides is 1. The van der Waals surface area contributed by atoms with E-state index >= 15 is 0 Å². The van der Waals surface area contributed by atoms with Crippen molar-refractivity contribution in [3.63, 3.8) is 0 Å². The largest absolute Gasteiger partial charge is 0.353 e. The summed E-state index contributed by atoms with van der Waals surface area (Å²) in [6, 6.07) is 13.8. The Morgan fingerprint density at radius 3 is 2.47 bits per heavy atom. The number of carbonyl (C=O) groups excluding carboxylic acids is 1. The first-order chi connectivity index (χ1) is 14.5. The Balaban J connectivity index is 1.30. The highest BCUT2D eigenvalue weighted by atomic mass is 32.2. The van der Waals surface area contributed by atoms with Crippen molar-refractivity contribution >= 4 is 27.7 Å². The fraction of sp³-hybridized carbons (Fsp3) is 0.429. The lowest BCUT2D eigenvalue weighted by molar-refractivity contribution is -0.119. The fourth-order valence-corrected chi connectivity index (χ4v) is 5.99. The van der Waals surface area contributed by atoms with Crippen molar-refractivity contribution in [2.75, 3.05) is 31.9 Å². The van der Waals surface area contributed by atoms with E-state index in [0.717, 1.165) is 23.7 Å². The van der Waals surface area contributed by atoms with Crippen LogP contribution in [-0.2, 0) is 21.4 Å². The molecule has 1 N–H and O–H groups in total. The third kappa shape index (κ3) is 5.21. The number of hydrogen-bond donors (Lipinski definition) is 1. The number of nitrogens with zero attached hydrogens (tertiary/aromatic N) is 3. The summed E-state index contributed by atoms with van der Waals surface area (Å²) in [5.74, 6) is 0.840. The maximum absolute atomic E-state index is 13.0. The maximum Gasteiger partial charge on any atom is 0.244 e. The van der Waals surface area contributed by atoms with E-state index in [1.165, 1.54) is 23.5 Å². The molecule has 4 rings (SSSR count). The van der Waals surface area contributed by atoms with Gasteiger partial charge in [-0.2, -0.15) is 4.31 Å². The van der Waals surface area contributed by atoms with Crippen LogP contribution in [0.25, 0.3) is 0 Å². The Morgan fingerprint density at radius 2 is 1.83 bits per heavy atom. The molecular formula is C21H26N4O3S2. The topological polar surface area (TPSA) is 82.6 Å². The molecule has 1 aromatic carbocycles. The molecule has 0 radical (unpaired) electrons. The number of pyridine rings is 1. The summed E-state index contributed by atoms with van der Waals surface area (Å²) < 4.78 is 27.5. The van der Waals surface area contributed by atoms with E-state index < -0.39 is 10.0 Å². The molecule has 1 amide bonds. The van der Waals surface area contributed by atoms with E-state index in [9.17, 15) is 13.2 Å². The van der Waals surface area contributed by atoms with Gasteiger partial charge in [0.15, 0.2) is 0 Å². The number of amides is 1. The smallest absolute Gasteiger partial charge is 0.244 e.